The summed E-state index contributed by atoms with van der Waals surface area (Å²) in [5.41, 5.74) is 0.443. The van der Waals surface area contributed by atoms with Gasteiger partial charge in [-0.05, 0) is 19.3 Å². The first-order valence-electron chi connectivity index (χ1n) is 6.26. The summed E-state index contributed by atoms with van der Waals surface area (Å²) in [4.78, 5) is 16.0. The molecule has 0 spiro atoms. The van der Waals surface area contributed by atoms with Crippen LogP contribution in [-0.4, -0.2) is 35.0 Å². The lowest BCUT2D eigenvalue weighted by molar-refractivity contribution is -0.168. The van der Waals surface area contributed by atoms with Crippen LogP contribution in [0.5, 0.6) is 0 Å². The Bertz CT molecular complexity index is 521. The monoisotopic (exact) mass is 327 g/mol. The quantitative estimate of drug-likeness (QED) is 0.816. The van der Waals surface area contributed by atoms with Gasteiger partial charge in [0.25, 0.3) is 0 Å². The number of rotatable bonds is 6. The molecule has 21 heavy (non-hydrogen) atoms. The Labute approximate surface area is 121 Å². The normalized spacial score (nSPS) is 18.8. The number of carboxylic acids is 1. The SMILES string of the molecule is O=C(O)C1CCCc2sc(COCC(F)(F)C(F)F)nc21. The van der Waals surface area contributed by atoms with Crippen LogP contribution in [0.4, 0.5) is 17.6 Å². The average molecular weight is 327 g/mol. The van der Waals surface area contributed by atoms with Crippen molar-refractivity contribution in [3.05, 3.63) is 15.6 Å². The molecule has 0 fully saturated rings. The van der Waals surface area contributed by atoms with E-state index in [1.807, 2.05) is 0 Å². The van der Waals surface area contributed by atoms with Gasteiger partial charge in [-0.1, -0.05) is 0 Å². The van der Waals surface area contributed by atoms with Crippen LogP contribution in [0.25, 0.3) is 0 Å². The number of thiazole rings is 1. The van der Waals surface area contributed by atoms with Crippen molar-refractivity contribution in [1.29, 1.82) is 0 Å². The van der Waals surface area contributed by atoms with Gasteiger partial charge in [0, 0.05) is 4.88 Å². The van der Waals surface area contributed by atoms with Crippen LogP contribution in [0, 0.1) is 0 Å². The van der Waals surface area contributed by atoms with E-state index < -0.39 is 30.8 Å². The maximum absolute atomic E-state index is 12.7. The minimum atomic E-state index is -4.19. The molecule has 9 heteroatoms. The summed E-state index contributed by atoms with van der Waals surface area (Å²) in [6, 6.07) is 0. The van der Waals surface area contributed by atoms with Crippen molar-refractivity contribution < 1.29 is 32.2 Å². The number of nitrogens with zero attached hydrogens (tertiary/aromatic N) is 1. The molecular weight excluding hydrogens is 314 g/mol. The first-order chi connectivity index (χ1) is 9.81. The molecule has 1 aromatic heterocycles. The Hall–Kier alpha value is -1.22. The van der Waals surface area contributed by atoms with Gasteiger partial charge in [-0.2, -0.15) is 8.78 Å². The van der Waals surface area contributed by atoms with Gasteiger partial charge in [0.2, 0.25) is 0 Å². The van der Waals surface area contributed by atoms with Crippen LogP contribution in [0.1, 0.15) is 34.3 Å². The molecule has 0 aliphatic heterocycles. The molecule has 118 valence electrons. The summed E-state index contributed by atoms with van der Waals surface area (Å²) in [5.74, 6) is -5.86. The Morgan fingerprint density at radius 1 is 1.52 bits per heavy atom. The van der Waals surface area contributed by atoms with E-state index >= 15 is 0 Å². The third kappa shape index (κ3) is 3.70. The van der Waals surface area contributed by atoms with Crippen LogP contribution in [0.3, 0.4) is 0 Å². The molecule has 1 heterocycles. The maximum Gasteiger partial charge on any atom is 0.330 e. The zero-order chi connectivity index (χ0) is 15.6. The first-order valence-corrected chi connectivity index (χ1v) is 7.08. The number of carboxylic acid groups (broad SMARTS) is 1. The third-order valence-corrected chi connectivity index (χ3v) is 4.24. The Morgan fingerprint density at radius 3 is 2.86 bits per heavy atom. The summed E-state index contributed by atoms with van der Waals surface area (Å²) in [6.45, 7) is -1.72. The molecule has 1 aliphatic carbocycles. The highest BCUT2D eigenvalue weighted by atomic mass is 32.1. The lowest BCUT2D eigenvalue weighted by Crippen LogP contribution is -2.32. The van der Waals surface area contributed by atoms with Crippen LogP contribution < -0.4 is 0 Å². The number of fused-ring (bicyclic) bond motifs is 1. The molecular formula is C12H13F4NO3S. The highest BCUT2D eigenvalue weighted by Crippen LogP contribution is 2.35. The first kappa shape index (κ1) is 16.2. The molecule has 1 aliphatic rings. The molecule has 0 amide bonds. The van der Waals surface area contributed by atoms with Crippen molar-refractivity contribution in [2.45, 2.75) is 44.1 Å². The number of hydrogen-bond acceptors (Lipinski definition) is 4. The number of carbonyl (C=O) groups is 1. The molecule has 1 N–H and O–H groups in total. The lowest BCUT2D eigenvalue weighted by Gasteiger charge is -2.16. The Balaban J connectivity index is 1.99. The Kier molecular flexibility index (Phi) is 4.82. The number of alkyl halides is 4. The fourth-order valence-electron chi connectivity index (χ4n) is 2.11. The fraction of sp³-hybridized carbons (Fsp3) is 0.667. The van der Waals surface area contributed by atoms with Crippen molar-refractivity contribution in [3.63, 3.8) is 0 Å². The highest BCUT2D eigenvalue weighted by molar-refractivity contribution is 7.11. The molecule has 1 unspecified atom stereocenters. The summed E-state index contributed by atoms with van der Waals surface area (Å²) in [6.07, 6.45) is -1.89. The van der Waals surface area contributed by atoms with Crippen LogP contribution >= 0.6 is 11.3 Å². The second-order valence-corrected chi connectivity index (χ2v) is 5.92. The van der Waals surface area contributed by atoms with Crippen molar-refractivity contribution in [2.24, 2.45) is 0 Å². The lowest BCUT2D eigenvalue weighted by atomic mass is 9.91. The van der Waals surface area contributed by atoms with Gasteiger partial charge in [0.15, 0.2) is 0 Å². The highest BCUT2D eigenvalue weighted by Gasteiger charge is 2.41. The van der Waals surface area contributed by atoms with Crippen molar-refractivity contribution in [2.75, 3.05) is 6.61 Å². The molecule has 1 aromatic rings. The van der Waals surface area contributed by atoms with Crippen molar-refractivity contribution in [3.8, 4) is 0 Å². The summed E-state index contributed by atoms with van der Waals surface area (Å²) >= 11 is 1.18. The van der Waals surface area contributed by atoms with Crippen molar-refractivity contribution in [1.82, 2.24) is 4.98 Å². The average Bonchev–Trinajstić information content (AvgIpc) is 2.80. The van der Waals surface area contributed by atoms with E-state index in [2.05, 4.69) is 9.72 Å². The molecule has 0 bridgehead atoms. The molecule has 0 radical (unpaired) electrons. The fourth-order valence-corrected chi connectivity index (χ4v) is 3.22. The third-order valence-electron chi connectivity index (χ3n) is 3.14. The number of aryl methyl sites for hydroxylation is 1. The smallest absolute Gasteiger partial charge is 0.330 e. The van der Waals surface area contributed by atoms with Gasteiger partial charge in [-0.3, -0.25) is 4.79 Å². The summed E-state index contributed by atoms with van der Waals surface area (Å²) in [7, 11) is 0. The Morgan fingerprint density at radius 2 is 2.24 bits per heavy atom. The molecule has 0 aromatic carbocycles. The van der Waals surface area contributed by atoms with Gasteiger partial charge in [0.05, 0.1) is 18.2 Å². The number of aliphatic carboxylic acids is 1. The van der Waals surface area contributed by atoms with Gasteiger partial charge < -0.3 is 9.84 Å². The van der Waals surface area contributed by atoms with Crippen LogP contribution in [0.2, 0.25) is 0 Å². The minimum absolute atomic E-state index is 0.327. The zero-order valence-electron chi connectivity index (χ0n) is 10.8. The largest absolute Gasteiger partial charge is 0.481 e. The topological polar surface area (TPSA) is 59.4 Å². The number of aromatic nitrogens is 1. The maximum atomic E-state index is 12.7. The van der Waals surface area contributed by atoms with E-state index in [0.717, 1.165) is 11.3 Å². The van der Waals surface area contributed by atoms with Crippen LogP contribution in [0.15, 0.2) is 0 Å². The second-order valence-electron chi connectivity index (χ2n) is 4.75. The van der Waals surface area contributed by atoms with E-state index in [4.69, 9.17) is 5.11 Å². The van der Waals surface area contributed by atoms with E-state index in [1.165, 1.54) is 11.3 Å². The van der Waals surface area contributed by atoms with Gasteiger partial charge in [0.1, 0.15) is 11.6 Å². The van der Waals surface area contributed by atoms with E-state index in [1.54, 1.807) is 0 Å². The molecule has 1 atom stereocenters. The number of ether oxygens (including phenoxy) is 1. The molecule has 0 saturated carbocycles. The number of hydrogen-bond donors (Lipinski definition) is 1. The van der Waals surface area contributed by atoms with Gasteiger partial charge >= 0.3 is 18.3 Å². The van der Waals surface area contributed by atoms with Gasteiger partial charge in [-0.15, -0.1) is 11.3 Å². The number of halogens is 4. The molecule has 4 nitrogen and oxygen atoms in total. The summed E-state index contributed by atoms with van der Waals surface area (Å²) < 4.78 is 53.8. The minimum Gasteiger partial charge on any atom is -0.481 e. The second kappa shape index (κ2) is 6.27. The van der Waals surface area contributed by atoms with E-state index in [0.29, 0.717) is 23.5 Å². The van der Waals surface area contributed by atoms with Gasteiger partial charge in [-0.25, -0.2) is 13.8 Å². The standard InChI is InChI=1S/C12H13F4NO3S/c13-11(14)12(15,16)5-20-4-8-17-9-6(10(18)19)2-1-3-7(9)21-8/h6,11H,1-5H2,(H,18,19). The zero-order valence-corrected chi connectivity index (χ0v) is 11.6. The molecule has 0 saturated heterocycles. The van der Waals surface area contributed by atoms with Crippen LogP contribution in [-0.2, 0) is 22.6 Å². The molecule has 2 rings (SSSR count). The van der Waals surface area contributed by atoms with E-state index in [9.17, 15) is 22.4 Å². The van der Waals surface area contributed by atoms with Crippen molar-refractivity contribution >= 4 is 17.3 Å². The predicted molar refractivity (Wildman–Crippen MR) is 66.0 cm³/mol. The summed E-state index contributed by atoms with van der Waals surface area (Å²) in [5, 5.41) is 9.42. The predicted octanol–water partition coefficient (Wildman–Crippen LogP) is 3.06. The van der Waals surface area contributed by atoms with E-state index in [-0.39, 0.29) is 6.61 Å².